The SMILES string of the molecule is O=C(NCCCOc1ccc(F)cc1)c1ccc2nc(Cl)ccc2c1. The van der Waals surface area contributed by atoms with E-state index in [0.29, 0.717) is 36.0 Å². The molecule has 0 atom stereocenters. The van der Waals surface area contributed by atoms with Crippen LogP contribution in [-0.4, -0.2) is 24.0 Å². The summed E-state index contributed by atoms with van der Waals surface area (Å²) >= 11 is 5.85. The Labute approximate surface area is 149 Å². The summed E-state index contributed by atoms with van der Waals surface area (Å²) in [5.74, 6) is 0.152. The van der Waals surface area contributed by atoms with E-state index in [0.717, 1.165) is 10.9 Å². The standard InChI is InChI=1S/C19H16ClFN2O2/c20-18-9-3-13-12-14(2-8-17(13)23-18)19(24)22-10-1-11-25-16-6-4-15(21)5-7-16/h2-9,12H,1,10-11H2,(H,22,24). The van der Waals surface area contributed by atoms with Crippen molar-refractivity contribution in [1.82, 2.24) is 10.3 Å². The Kier molecular flexibility index (Phi) is 5.46. The van der Waals surface area contributed by atoms with Crippen molar-refractivity contribution in [3.8, 4) is 5.75 Å². The molecular formula is C19H16ClFN2O2. The first kappa shape index (κ1) is 17.2. The number of ether oxygens (including phenoxy) is 1. The molecule has 6 heteroatoms. The third-order valence-electron chi connectivity index (χ3n) is 3.61. The zero-order valence-corrected chi connectivity index (χ0v) is 14.1. The van der Waals surface area contributed by atoms with Crippen molar-refractivity contribution in [2.24, 2.45) is 0 Å². The Hall–Kier alpha value is -2.66. The van der Waals surface area contributed by atoms with Crippen LogP contribution in [0.25, 0.3) is 10.9 Å². The van der Waals surface area contributed by atoms with Crippen LogP contribution in [0, 0.1) is 5.82 Å². The lowest BCUT2D eigenvalue weighted by Gasteiger charge is -2.08. The zero-order valence-electron chi connectivity index (χ0n) is 13.3. The number of hydrogen-bond donors (Lipinski definition) is 1. The fourth-order valence-corrected chi connectivity index (χ4v) is 2.49. The highest BCUT2D eigenvalue weighted by Crippen LogP contribution is 2.17. The third-order valence-corrected chi connectivity index (χ3v) is 3.82. The number of carbonyl (C=O) groups excluding carboxylic acids is 1. The molecule has 3 rings (SSSR count). The van der Waals surface area contributed by atoms with Gasteiger partial charge in [0.1, 0.15) is 16.7 Å². The molecule has 0 aliphatic heterocycles. The number of nitrogens with one attached hydrogen (secondary N) is 1. The molecule has 128 valence electrons. The minimum Gasteiger partial charge on any atom is -0.494 e. The first-order valence-corrected chi connectivity index (χ1v) is 8.22. The van der Waals surface area contributed by atoms with Crippen LogP contribution in [0.1, 0.15) is 16.8 Å². The molecule has 1 heterocycles. The summed E-state index contributed by atoms with van der Waals surface area (Å²) in [4.78, 5) is 16.4. The molecular weight excluding hydrogens is 343 g/mol. The summed E-state index contributed by atoms with van der Waals surface area (Å²) in [6, 6.07) is 14.6. The molecule has 0 aliphatic carbocycles. The van der Waals surface area contributed by atoms with Crippen molar-refractivity contribution in [3.63, 3.8) is 0 Å². The Morgan fingerprint density at radius 2 is 1.92 bits per heavy atom. The van der Waals surface area contributed by atoms with Gasteiger partial charge in [0.2, 0.25) is 0 Å². The maximum absolute atomic E-state index is 12.8. The van der Waals surface area contributed by atoms with E-state index >= 15 is 0 Å². The van der Waals surface area contributed by atoms with E-state index in [2.05, 4.69) is 10.3 Å². The summed E-state index contributed by atoms with van der Waals surface area (Å²) in [5.41, 5.74) is 1.31. The van der Waals surface area contributed by atoms with Crippen LogP contribution >= 0.6 is 11.6 Å². The molecule has 0 bridgehead atoms. The Morgan fingerprint density at radius 3 is 2.72 bits per heavy atom. The molecule has 0 saturated carbocycles. The van der Waals surface area contributed by atoms with Crippen LogP contribution in [-0.2, 0) is 0 Å². The molecule has 4 nitrogen and oxygen atoms in total. The Balaban J connectivity index is 1.47. The molecule has 2 aromatic carbocycles. The molecule has 0 fully saturated rings. The molecule has 1 amide bonds. The van der Waals surface area contributed by atoms with Gasteiger partial charge in [0, 0.05) is 17.5 Å². The lowest BCUT2D eigenvalue weighted by molar-refractivity contribution is 0.0951. The van der Waals surface area contributed by atoms with Crippen LogP contribution in [0.4, 0.5) is 4.39 Å². The zero-order chi connectivity index (χ0) is 17.6. The highest BCUT2D eigenvalue weighted by molar-refractivity contribution is 6.29. The summed E-state index contributed by atoms with van der Waals surface area (Å²) in [6.07, 6.45) is 0.647. The molecule has 0 aliphatic rings. The number of fused-ring (bicyclic) bond motifs is 1. The van der Waals surface area contributed by atoms with E-state index < -0.39 is 0 Å². The minimum atomic E-state index is -0.299. The van der Waals surface area contributed by atoms with Gasteiger partial charge in [-0.15, -0.1) is 0 Å². The van der Waals surface area contributed by atoms with Crippen molar-refractivity contribution in [2.45, 2.75) is 6.42 Å². The van der Waals surface area contributed by atoms with Crippen LogP contribution in [0.3, 0.4) is 0 Å². The number of halogens is 2. The van der Waals surface area contributed by atoms with Crippen LogP contribution in [0.15, 0.2) is 54.6 Å². The second-order valence-corrected chi connectivity index (χ2v) is 5.84. The smallest absolute Gasteiger partial charge is 0.251 e. The number of rotatable bonds is 6. The minimum absolute atomic E-state index is 0.154. The largest absolute Gasteiger partial charge is 0.494 e. The van der Waals surface area contributed by atoms with Gasteiger partial charge in [0.25, 0.3) is 5.91 Å². The second-order valence-electron chi connectivity index (χ2n) is 5.45. The molecule has 1 aromatic heterocycles. The van der Waals surface area contributed by atoms with Crippen LogP contribution < -0.4 is 10.1 Å². The number of aromatic nitrogens is 1. The third kappa shape index (κ3) is 4.67. The lowest BCUT2D eigenvalue weighted by Crippen LogP contribution is -2.25. The van der Waals surface area contributed by atoms with Crippen molar-refractivity contribution in [3.05, 3.63) is 71.1 Å². The van der Waals surface area contributed by atoms with E-state index in [1.54, 1.807) is 36.4 Å². The maximum Gasteiger partial charge on any atom is 0.251 e. The van der Waals surface area contributed by atoms with Gasteiger partial charge in [-0.3, -0.25) is 4.79 Å². The highest BCUT2D eigenvalue weighted by atomic mass is 35.5. The van der Waals surface area contributed by atoms with Gasteiger partial charge in [0.05, 0.1) is 12.1 Å². The molecule has 1 N–H and O–H groups in total. The predicted molar refractivity (Wildman–Crippen MR) is 95.6 cm³/mol. The normalized spacial score (nSPS) is 10.6. The average Bonchev–Trinajstić information content (AvgIpc) is 2.62. The van der Waals surface area contributed by atoms with Gasteiger partial charge >= 0.3 is 0 Å². The molecule has 0 spiro atoms. The number of carbonyl (C=O) groups is 1. The van der Waals surface area contributed by atoms with Crippen molar-refractivity contribution in [1.29, 1.82) is 0 Å². The number of amides is 1. The van der Waals surface area contributed by atoms with Gasteiger partial charge < -0.3 is 10.1 Å². The highest BCUT2D eigenvalue weighted by Gasteiger charge is 2.06. The molecule has 3 aromatic rings. The van der Waals surface area contributed by atoms with Crippen molar-refractivity contribution >= 4 is 28.4 Å². The molecule has 0 radical (unpaired) electrons. The van der Waals surface area contributed by atoms with Crippen LogP contribution in [0.2, 0.25) is 5.15 Å². The van der Waals surface area contributed by atoms with Gasteiger partial charge in [-0.05, 0) is 61.0 Å². The van der Waals surface area contributed by atoms with Gasteiger partial charge in [0.15, 0.2) is 0 Å². The van der Waals surface area contributed by atoms with Crippen LogP contribution in [0.5, 0.6) is 5.75 Å². The topological polar surface area (TPSA) is 51.2 Å². The van der Waals surface area contributed by atoms with E-state index in [1.807, 2.05) is 6.07 Å². The summed E-state index contributed by atoms with van der Waals surface area (Å²) in [6.45, 7) is 0.920. The second kappa shape index (κ2) is 7.94. The average molecular weight is 359 g/mol. The van der Waals surface area contributed by atoms with E-state index in [9.17, 15) is 9.18 Å². The van der Waals surface area contributed by atoms with E-state index in [1.165, 1.54) is 12.1 Å². The first-order chi connectivity index (χ1) is 12.1. The number of benzene rings is 2. The monoisotopic (exact) mass is 358 g/mol. The Morgan fingerprint density at radius 1 is 1.12 bits per heavy atom. The van der Waals surface area contributed by atoms with Gasteiger partial charge in [-0.25, -0.2) is 9.37 Å². The van der Waals surface area contributed by atoms with Gasteiger partial charge in [-0.2, -0.15) is 0 Å². The number of nitrogens with zero attached hydrogens (tertiary/aromatic N) is 1. The summed E-state index contributed by atoms with van der Waals surface area (Å²) in [7, 11) is 0. The lowest BCUT2D eigenvalue weighted by atomic mass is 10.1. The first-order valence-electron chi connectivity index (χ1n) is 7.85. The maximum atomic E-state index is 12.8. The fourth-order valence-electron chi connectivity index (χ4n) is 2.34. The Bertz CT molecular complexity index is 884. The molecule has 0 saturated heterocycles. The van der Waals surface area contributed by atoms with E-state index in [-0.39, 0.29) is 11.7 Å². The van der Waals surface area contributed by atoms with Crippen molar-refractivity contribution < 1.29 is 13.9 Å². The molecule has 25 heavy (non-hydrogen) atoms. The van der Waals surface area contributed by atoms with Gasteiger partial charge in [-0.1, -0.05) is 11.6 Å². The number of hydrogen-bond acceptors (Lipinski definition) is 3. The quantitative estimate of drug-likeness (QED) is 0.530. The summed E-state index contributed by atoms with van der Waals surface area (Å²) < 4.78 is 18.3. The molecule has 0 unspecified atom stereocenters. The fraction of sp³-hybridized carbons (Fsp3) is 0.158. The van der Waals surface area contributed by atoms with E-state index in [4.69, 9.17) is 16.3 Å². The van der Waals surface area contributed by atoms with Crippen molar-refractivity contribution in [2.75, 3.05) is 13.2 Å². The predicted octanol–water partition coefficient (Wildman–Crippen LogP) is 4.23. The summed E-state index contributed by atoms with van der Waals surface area (Å²) in [5, 5.41) is 4.13. The number of pyridine rings is 1.